The maximum atomic E-state index is 12.5. The second kappa shape index (κ2) is 12.1. The molecule has 0 unspecified atom stereocenters. The predicted octanol–water partition coefficient (Wildman–Crippen LogP) is 4.73. The minimum Gasteiger partial charge on any atom is -0.480 e. The van der Waals surface area contributed by atoms with Crippen LogP contribution in [-0.4, -0.2) is 44.8 Å². The average Bonchev–Trinajstić information content (AvgIpc) is 3.20. The van der Waals surface area contributed by atoms with Crippen LogP contribution in [0.4, 0.5) is 4.79 Å². The number of rotatable bonds is 11. The van der Waals surface area contributed by atoms with Gasteiger partial charge in [-0.25, -0.2) is 22.7 Å². The number of benzene rings is 3. The number of fused-ring (bicyclic) bond motifs is 3. The zero-order chi connectivity index (χ0) is 26.4. The van der Waals surface area contributed by atoms with Crippen LogP contribution in [0.3, 0.4) is 0 Å². The lowest BCUT2D eigenvalue weighted by atomic mass is 9.98. The fraction of sp³-hybridized carbons (Fsp3) is 0.259. The van der Waals surface area contributed by atoms with Gasteiger partial charge in [0, 0.05) is 16.0 Å². The van der Waals surface area contributed by atoms with Gasteiger partial charge >= 0.3 is 12.1 Å². The van der Waals surface area contributed by atoms with Crippen LogP contribution in [0.5, 0.6) is 0 Å². The number of nitrogens with one attached hydrogen (secondary N) is 2. The number of alkyl carbamates (subject to hydrolysis) is 1. The predicted molar refractivity (Wildman–Crippen MR) is 148 cm³/mol. The van der Waals surface area contributed by atoms with E-state index in [9.17, 15) is 23.1 Å². The Bertz CT molecular complexity index is 1330. The molecule has 1 aliphatic rings. The molecule has 3 N–H and O–H groups in total. The summed E-state index contributed by atoms with van der Waals surface area (Å²) in [5.74, 6) is -1.30. The molecule has 194 valence electrons. The van der Waals surface area contributed by atoms with Crippen molar-refractivity contribution in [3.05, 3.63) is 87.5 Å². The Morgan fingerprint density at radius 3 is 2.11 bits per heavy atom. The molecule has 3 aromatic carbocycles. The van der Waals surface area contributed by atoms with Crippen LogP contribution in [0.25, 0.3) is 11.1 Å². The standard InChI is InChI=1S/C27H27IN2O6S/c28-18-12-14-19(15-13-18)37(34,35)29-16-6-5-11-25(26(31)32)30-27(33)36-17-24-22-9-3-1-7-20(22)21-8-2-4-10-23(21)24/h1-4,7-10,12-15,24-25,29H,5-6,11,16-17H2,(H,30,33)(H,31,32)/t25-/m0/s1. The third-order valence-electron chi connectivity index (χ3n) is 6.27. The first-order valence-electron chi connectivity index (χ1n) is 11.9. The van der Waals surface area contributed by atoms with Crippen LogP contribution in [0, 0.1) is 3.57 Å². The Morgan fingerprint density at radius 1 is 0.919 bits per heavy atom. The lowest BCUT2D eigenvalue weighted by Gasteiger charge is -2.17. The second-order valence-corrected chi connectivity index (χ2v) is 11.7. The smallest absolute Gasteiger partial charge is 0.407 e. The SMILES string of the molecule is O=C(N[C@@H](CCCCNS(=O)(=O)c1ccc(I)cc1)C(=O)O)OCC1c2ccccc2-c2ccccc21. The molecule has 0 radical (unpaired) electrons. The van der Waals surface area contributed by atoms with Gasteiger partial charge in [-0.15, -0.1) is 0 Å². The molecule has 0 spiro atoms. The van der Waals surface area contributed by atoms with Crippen LogP contribution in [0.1, 0.15) is 36.3 Å². The molecule has 0 saturated carbocycles. The minimum absolute atomic E-state index is 0.0898. The molecule has 4 rings (SSSR count). The lowest BCUT2D eigenvalue weighted by molar-refractivity contribution is -0.139. The van der Waals surface area contributed by atoms with Crippen molar-refractivity contribution in [2.75, 3.05) is 13.2 Å². The van der Waals surface area contributed by atoms with E-state index in [0.717, 1.165) is 25.8 Å². The van der Waals surface area contributed by atoms with Crippen LogP contribution in [-0.2, 0) is 19.6 Å². The van der Waals surface area contributed by atoms with Crippen molar-refractivity contribution in [3.8, 4) is 11.1 Å². The number of carboxylic acids is 1. The lowest BCUT2D eigenvalue weighted by Crippen LogP contribution is -2.41. The number of carbonyl (C=O) groups is 2. The van der Waals surface area contributed by atoms with E-state index < -0.39 is 28.1 Å². The summed E-state index contributed by atoms with van der Waals surface area (Å²) in [6.07, 6.45) is 0.161. The van der Waals surface area contributed by atoms with Gasteiger partial charge in [-0.1, -0.05) is 48.5 Å². The van der Waals surface area contributed by atoms with E-state index in [-0.39, 0.29) is 30.4 Å². The summed E-state index contributed by atoms with van der Waals surface area (Å²) >= 11 is 2.10. The van der Waals surface area contributed by atoms with Gasteiger partial charge in [0.05, 0.1) is 4.90 Å². The largest absolute Gasteiger partial charge is 0.480 e. The quantitative estimate of drug-likeness (QED) is 0.207. The Balaban J connectivity index is 1.25. The summed E-state index contributed by atoms with van der Waals surface area (Å²) in [5, 5.41) is 12.0. The van der Waals surface area contributed by atoms with Crippen molar-refractivity contribution >= 4 is 44.7 Å². The molecule has 3 aromatic rings. The summed E-state index contributed by atoms with van der Waals surface area (Å²) in [5.41, 5.74) is 4.35. The van der Waals surface area contributed by atoms with E-state index >= 15 is 0 Å². The number of unbranched alkanes of at least 4 members (excludes halogenated alkanes) is 1. The number of hydrogen-bond acceptors (Lipinski definition) is 5. The van der Waals surface area contributed by atoms with Crippen LogP contribution < -0.4 is 10.0 Å². The molecule has 0 fully saturated rings. The van der Waals surface area contributed by atoms with Gasteiger partial charge in [0.15, 0.2) is 0 Å². The molecule has 0 bridgehead atoms. The van der Waals surface area contributed by atoms with Crippen LogP contribution in [0.2, 0.25) is 0 Å². The fourth-order valence-corrected chi connectivity index (χ4v) is 5.85. The molecular weight excluding hydrogens is 607 g/mol. The highest BCUT2D eigenvalue weighted by atomic mass is 127. The first-order valence-corrected chi connectivity index (χ1v) is 14.4. The average molecular weight is 634 g/mol. The monoisotopic (exact) mass is 634 g/mol. The van der Waals surface area contributed by atoms with E-state index in [1.165, 1.54) is 12.1 Å². The number of amides is 1. The van der Waals surface area contributed by atoms with E-state index in [2.05, 4.69) is 32.6 Å². The van der Waals surface area contributed by atoms with E-state index in [1.807, 2.05) is 48.5 Å². The van der Waals surface area contributed by atoms with Gasteiger partial charge in [-0.3, -0.25) is 0 Å². The van der Waals surface area contributed by atoms with E-state index in [4.69, 9.17) is 4.74 Å². The summed E-state index contributed by atoms with van der Waals surface area (Å²) in [6, 6.07) is 21.3. The molecule has 8 nitrogen and oxygen atoms in total. The Morgan fingerprint density at radius 2 is 1.51 bits per heavy atom. The van der Waals surface area contributed by atoms with Crippen molar-refractivity contribution < 1.29 is 27.9 Å². The van der Waals surface area contributed by atoms with Crippen LogP contribution in [0.15, 0.2) is 77.7 Å². The van der Waals surface area contributed by atoms with Crippen molar-refractivity contribution in [1.29, 1.82) is 0 Å². The zero-order valence-corrected chi connectivity index (χ0v) is 22.9. The second-order valence-electron chi connectivity index (χ2n) is 8.71. The number of halogens is 1. The maximum absolute atomic E-state index is 12.5. The van der Waals surface area contributed by atoms with Gasteiger partial charge < -0.3 is 15.2 Å². The van der Waals surface area contributed by atoms with E-state index in [0.29, 0.717) is 12.8 Å². The Kier molecular flexibility index (Phi) is 8.83. The highest BCUT2D eigenvalue weighted by Crippen LogP contribution is 2.44. The molecular formula is C27H27IN2O6S. The number of sulfonamides is 1. The third kappa shape index (κ3) is 6.68. The molecule has 37 heavy (non-hydrogen) atoms. The Hall–Kier alpha value is -2.96. The van der Waals surface area contributed by atoms with Gasteiger partial charge in [0.1, 0.15) is 12.6 Å². The number of hydrogen-bond donors (Lipinski definition) is 3. The van der Waals surface area contributed by atoms with Crippen molar-refractivity contribution in [2.45, 2.75) is 36.1 Å². The maximum Gasteiger partial charge on any atom is 0.407 e. The molecule has 1 atom stereocenters. The Labute approximate surface area is 229 Å². The van der Waals surface area contributed by atoms with E-state index in [1.54, 1.807) is 12.1 Å². The molecule has 0 saturated heterocycles. The number of ether oxygens (including phenoxy) is 1. The van der Waals surface area contributed by atoms with Crippen molar-refractivity contribution in [3.63, 3.8) is 0 Å². The van der Waals surface area contributed by atoms with Gasteiger partial charge in [-0.2, -0.15) is 0 Å². The molecule has 0 aromatic heterocycles. The van der Waals surface area contributed by atoms with Gasteiger partial charge in [0.25, 0.3) is 0 Å². The number of aliphatic carboxylic acids is 1. The topological polar surface area (TPSA) is 122 Å². The summed E-state index contributed by atoms with van der Waals surface area (Å²) in [6.45, 7) is 0.248. The molecule has 1 amide bonds. The fourth-order valence-electron chi connectivity index (χ4n) is 4.42. The minimum atomic E-state index is -3.63. The molecule has 0 aliphatic heterocycles. The normalized spacial score (nSPS) is 13.4. The summed E-state index contributed by atoms with van der Waals surface area (Å²) in [7, 11) is -3.63. The molecule has 0 heterocycles. The summed E-state index contributed by atoms with van der Waals surface area (Å²) < 4.78 is 33.6. The zero-order valence-electron chi connectivity index (χ0n) is 19.9. The molecule has 1 aliphatic carbocycles. The van der Waals surface area contributed by atoms with Crippen molar-refractivity contribution in [1.82, 2.24) is 10.0 Å². The first-order chi connectivity index (χ1) is 17.8. The van der Waals surface area contributed by atoms with Crippen LogP contribution >= 0.6 is 22.6 Å². The van der Waals surface area contributed by atoms with Crippen molar-refractivity contribution in [2.24, 2.45) is 0 Å². The third-order valence-corrected chi connectivity index (χ3v) is 8.47. The number of carbonyl (C=O) groups excluding carboxylic acids is 1. The number of carboxylic acid groups (broad SMARTS) is 1. The van der Waals surface area contributed by atoms with Gasteiger partial charge in [0.2, 0.25) is 10.0 Å². The van der Waals surface area contributed by atoms with Gasteiger partial charge in [-0.05, 0) is 88.4 Å². The first kappa shape index (κ1) is 27.1. The highest BCUT2D eigenvalue weighted by molar-refractivity contribution is 14.1. The summed E-state index contributed by atoms with van der Waals surface area (Å²) in [4.78, 5) is 24.3. The molecule has 10 heteroatoms. The highest BCUT2D eigenvalue weighted by Gasteiger charge is 2.29.